The topological polar surface area (TPSA) is 54.6 Å². The number of benzene rings is 1. The van der Waals surface area contributed by atoms with Gasteiger partial charge in [-0.3, -0.25) is 4.79 Å². The molecule has 2 aromatic rings. The first kappa shape index (κ1) is 13.0. The summed E-state index contributed by atoms with van der Waals surface area (Å²) in [5, 5.41) is 3.89. The van der Waals surface area contributed by atoms with E-state index in [0.29, 0.717) is 22.6 Å². The maximum absolute atomic E-state index is 13.5. The van der Waals surface area contributed by atoms with Gasteiger partial charge in [0.15, 0.2) is 0 Å². The first-order valence-electron chi connectivity index (χ1n) is 5.73. The van der Waals surface area contributed by atoms with Gasteiger partial charge >= 0.3 is 0 Å². The number of amides is 1. The molecule has 0 unspecified atom stereocenters. The number of rotatable bonds is 3. The predicted molar refractivity (Wildman–Crippen MR) is 69.5 cm³/mol. The van der Waals surface area contributed by atoms with Crippen LogP contribution in [0, 0.1) is 12.7 Å². The summed E-state index contributed by atoms with van der Waals surface area (Å²) in [6.07, 6.45) is 1.43. The van der Waals surface area contributed by atoms with E-state index in [4.69, 9.17) is 4.42 Å². The molecule has 0 aliphatic rings. The van der Waals surface area contributed by atoms with Crippen molar-refractivity contribution in [3.63, 3.8) is 0 Å². The fourth-order valence-electron chi connectivity index (χ4n) is 1.63. The molecule has 98 valence electrons. The van der Waals surface area contributed by atoms with Gasteiger partial charge in [0.1, 0.15) is 11.6 Å². The van der Waals surface area contributed by atoms with E-state index < -0.39 is 0 Å². The summed E-state index contributed by atoms with van der Waals surface area (Å²) >= 11 is 0. The van der Waals surface area contributed by atoms with Crippen molar-refractivity contribution in [1.82, 2.24) is 5.43 Å². The molecule has 4 nitrogen and oxygen atoms in total. The van der Waals surface area contributed by atoms with E-state index in [9.17, 15) is 9.18 Å². The van der Waals surface area contributed by atoms with Crippen molar-refractivity contribution in [2.45, 2.75) is 13.8 Å². The van der Waals surface area contributed by atoms with Crippen molar-refractivity contribution in [3.8, 4) is 0 Å². The molecule has 0 saturated carbocycles. The Hall–Kier alpha value is -2.43. The predicted octanol–water partition coefficient (Wildman–Crippen LogP) is 2.88. The normalized spacial score (nSPS) is 11.4. The minimum absolute atomic E-state index is 0.353. The van der Waals surface area contributed by atoms with Crippen LogP contribution in [-0.2, 0) is 0 Å². The van der Waals surface area contributed by atoms with Crippen LogP contribution in [0.1, 0.15) is 28.6 Å². The second-order valence-corrected chi connectivity index (χ2v) is 4.01. The van der Waals surface area contributed by atoms with Crippen LogP contribution in [0.5, 0.6) is 0 Å². The number of carbonyl (C=O) groups excluding carboxylic acids is 1. The Balaban J connectivity index is 2.13. The van der Waals surface area contributed by atoms with Crippen molar-refractivity contribution in [2.24, 2.45) is 5.10 Å². The number of nitrogens with one attached hydrogen (secondary N) is 1. The molecule has 5 heteroatoms. The maximum Gasteiger partial charge on any atom is 0.274 e. The summed E-state index contributed by atoms with van der Waals surface area (Å²) in [6.45, 7) is 3.31. The highest BCUT2D eigenvalue weighted by Crippen LogP contribution is 2.09. The maximum atomic E-state index is 13.5. The molecule has 0 fully saturated rings. The standard InChI is InChI=1S/C14H13FN2O2/c1-9(11-5-3-4-6-13(11)15)16-17-14(18)12-7-8-19-10(12)2/h3-8H,1-2H3,(H,17,18). The van der Waals surface area contributed by atoms with E-state index in [2.05, 4.69) is 10.5 Å². The summed E-state index contributed by atoms with van der Waals surface area (Å²) in [5.41, 5.74) is 3.53. The van der Waals surface area contributed by atoms with Gasteiger partial charge in [0.2, 0.25) is 0 Å². The van der Waals surface area contributed by atoms with Gasteiger partial charge in [0, 0.05) is 5.56 Å². The highest BCUT2D eigenvalue weighted by Gasteiger charge is 2.11. The van der Waals surface area contributed by atoms with Crippen LogP contribution in [0.25, 0.3) is 0 Å². The van der Waals surface area contributed by atoms with E-state index >= 15 is 0 Å². The number of hydrogen-bond donors (Lipinski definition) is 1. The zero-order valence-corrected chi connectivity index (χ0v) is 10.6. The van der Waals surface area contributed by atoms with Crippen LogP contribution in [0.3, 0.4) is 0 Å². The van der Waals surface area contributed by atoms with E-state index in [1.807, 2.05) is 0 Å². The highest BCUT2D eigenvalue weighted by molar-refractivity contribution is 6.01. The van der Waals surface area contributed by atoms with Gasteiger partial charge in [-0.25, -0.2) is 9.82 Å². The molecule has 0 spiro atoms. The van der Waals surface area contributed by atoms with Crippen molar-refractivity contribution >= 4 is 11.6 Å². The van der Waals surface area contributed by atoms with Crippen LogP contribution in [-0.4, -0.2) is 11.6 Å². The van der Waals surface area contributed by atoms with E-state index in [1.165, 1.54) is 12.3 Å². The van der Waals surface area contributed by atoms with E-state index in [0.717, 1.165) is 0 Å². The largest absolute Gasteiger partial charge is 0.469 e. The number of aryl methyl sites for hydroxylation is 1. The second-order valence-electron chi connectivity index (χ2n) is 4.01. The lowest BCUT2D eigenvalue weighted by Gasteiger charge is -2.03. The van der Waals surface area contributed by atoms with E-state index in [1.54, 1.807) is 38.1 Å². The zero-order valence-electron chi connectivity index (χ0n) is 10.6. The van der Waals surface area contributed by atoms with Gasteiger partial charge in [0.25, 0.3) is 5.91 Å². The van der Waals surface area contributed by atoms with Crippen molar-refractivity contribution < 1.29 is 13.6 Å². The molecular formula is C14H13FN2O2. The fourth-order valence-corrected chi connectivity index (χ4v) is 1.63. The number of carbonyl (C=O) groups is 1. The Labute approximate surface area is 109 Å². The zero-order chi connectivity index (χ0) is 13.8. The van der Waals surface area contributed by atoms with E-state index in [-0.39, 0.29) is 11.7 Å². The molecule has 2 rings (SSSR count). The third kappa shape index (κ3) is 2.88. The molecule has 0 atom stereocenters. The lowest BCUT2D eigenvalue weighted by atomic mass is 10.1. The number of halogens is 1. The molecule has 1 aromatic carbocycles. The fraction of sp³-hybridized carbons (Fsp3) is 0.143. The van der Waals surface area contributed by atoms with Crippen LogP contribution in [0.15, 0.2) is 46.1 Å². The Bertz CT molecular complexity index is 632. The van der Waals surface area contributed by atoms with Gasteiger partial charge in [0.05, 0.1) is 17.5 Å². The molecule has 1 amide bonds. The highest BCUT2D eigenvalue weighted by atomic mass is 19.1. The minimum Gasteiger partial charge on any atom is -0.469 e. The lowest BCUT2D eigenvalue weighted by Crippen LogP contribution is -2.19. The molecule has 0 aliphatic carbocycles. The van der Waals surface area contributed by atoms with Crippen LogP contribution < -0.4 is 5.43 Å². The number of hydrazone groups is 1. The Morgan fingerprint density at radius 1 is 1.26 bits per heavy atom. The quantitative estimate of drug-likeness (QED) is 0.681. The third-order valence-corrected chi connectivity index (χ3v) is 2.69. The first-order chi connectivity index (χ1) is 9.09. The van der Waals surface area contributed by atoms with Crippen molar-refractivity contribution in [1.29, 1.82) is 0 Å². The van der Waals surface area contributed by atoms with Crippen molar-refractivity contribution in [3.05, 3.63) is 59.3 Å². The number of furan rings is 1. The molecule has 0 bridgehead atoms. The van der Waals surface area contributed by atoms with Crippen LogP contribution >= 0.6 is 0 Å². The third-order valence-electron chi connectivity index (χ3n) is 2.69. The average Bonchev–Trinajstić information content (AvgIpc) is 2.82. The van der Waals surface area contributed by atoms with Gasteiger partial charge in [-0.1, -0.05) is 18.2 Å². The number of nitrogens with zero attached hydrogens (tertiary/aromatic N) is 1. The monoisotopic (exact) mass is 260 g/mol. The van der Waals surface area contributed by atoms with Crippen molar-refractivity contribution in [2.75, 3.05) is 0 Å². The second kappa shape index (κ2) is 5.48. The number of hydrogen-bond acceptors (Lipinski definition) is 3. The average molecular weight is 260 g/mol. The Morgan fingerprint density at radius 2 is 2.00 bits per heavy atom. The summed E-state index contributed by atoms with van der Waals surface area (Å²) < 4.78 is 18.5. The smallest absolute Gasteiger partial charge is 0.274 e. The van der Waals surface area contributed by atoms with Crippen LogP contribution in [0.4, 0.5) is 4.39 Å². The Kier molecular flexibility index (Phi) is 3.75. The molecule has 19 heavy (non-hydrogen) atoms. The van der Waals surface area contributed by atoms with Gasteiger partial charge in [-0.15, -0.1) is 0 Å². The molecule has 1 aromatic heterocycles. The van der Waals surface area contributed by atoms with Gasteiger partial charge in [-0.05, 0) is 26.0 Å². The molecule has 0 aliphatic heterocycles. The molecule has 1 heterocycles. The molecule has 1 N–H and O–H groups in total. The summed E-state index contributed by atoms with van der Waals surface area (Å²) in [7, 11) is 0. The molecular weight excluding hydrogens is 247 g/mol. The SMILES string of the molecule is CC(=NNC(=O)c1ccoc1C)c1ccccc1F. The van der Waals surface area contributed by atoms with Gasteiger partial charge < -0.3 is 4.42 Å². The summed E-state index contributed by atoms with van der Waals surface area (Å²) in [6, 6.07) is 7.80. The minimum atomic E-state index is -0.387. The molecule has 0 radical (unpaired) electrons. The summed E-state index contributed by atoms with van der Waals surface area (Å²) in [5.74, 6) is -0.254. The summed E-state index contributed by atoms with van der Waals surface area (Å²) in [4.78, 5) is 11.8. The first-order valence-corrected chi connectivity index (χ1v) is 5.73. The van der Waals surface area contributed by atoms with Gasteiger partial charge in [-0.2, -0.15) is 5.10 Å². The Morgan fingerprint density at radius 3 is 2.63 bits per heavy atom. The van der Waals surface area contributed by atoms with Crippen LogP contribution in [0.2, 0.25) is 0 Å². The lowest BCUT2D eigenvalue weighted by molar-refractivity contribution is 0.0953. The molecule has 0 saturated heterocycles.